The first kappa shape index (κ1) is 21.4. The molecule has 4 aromatic rings. The van der Waals surface area contributed by atoms with E-state index in [1.54, 1.807) is 16.4 Å². The maximum absolute atomic E-state index is 13.0. The van der Waals surface area contributed by atoms with Crippen LogP contribution in [0.4, 0.5) is 5.82 Å². The Labute approximate surface area is 189 Å². The van der Waals surface area contributed by atoms with E-state index < -0.39 is 0 Å². The lowest BCUT2D eigenvalue weighted by atomic mass is 10.2. The van der Waals surface area contributed by atoms with E-state index in [2.05, 4.69) is 24.3 Å². The van der Waals surface area contributed by atoms with E-state index in [-0.39, 0.29) is 5.91 Å². The SMILES string of the molecule is CCOc1cccc2sc(-n3nc(C)cc3NC(=O)c3cccc(SC(C)C)c3)nc12. The fourth-order valence-corrected chi connectivity index (χ4v) is 5.03. The number of hydrogen-bond donors (Lipinski definition) is 1. The van der Waals surface area contributed by atoms with Crippen LogP contribution >= 0.6 is 23.1 Å². The number of hydrogen-bond acceptors (Lipinski definition) is 6. The van der Waals surface area contributed by atoms with E-state index in [9.17, 15) is 4.79 Å². The van der Waals surface area contributed by atoms with E-state index in [1.165, 1.54) is 11.3 Å². The number of thioether (sulfide) groups is 1. The number of anilines is 1. The second-order valence-corrected chi connectivity index (χ2v) is 9.92. The van der Waals surface area contributed by atoms with Gasteiger partial charge in [-0.1, -0.05) is 37.3 Å². The predicted octanol–water partition coefficient (Wildman–Crippen LogP) is 5.94. The second kappa shape index (κ2) is 9.11. The number of fused-ring (bicyclic) bond motifs is 1. The molecule has 0 unspecified atom stereocenters. The van der Waals surface area contributed by atoms with Crippen molar-refractivity contribution in [3.05, 3.63) is 59.8 Å². The molecule has 2 aromatic carbocycles. The van der Waals surface area contributed by atoms with Crippen molar-refractivity contribution in [1.29, 1.82) is 0 Å². The Morgan fingerprint density at radius 3 is 2.81 bits per heavy atom. The molecule has 0 saturated heterocycles. The number of benzene rings is 2. The summed E-state index contributed by atoms with van der Waals surface area (Å²) >= 11 is 3.24. The third-order valence-electron chi connectivity index (χ3n) is 4.39. The van der Waals surface area contributed by atoms with E-state index in [4.69, 9.17) is 9.72 Å². The summed E-state index contributed by atoms with van der Waals surface area (Å²) in [6.07, 6.45) is 0. The van der Waals surface area contributed by atoms with Crippen LogP contribution in [0.25, 0.3) is 15.3 Å². The minimum atomic E-state index is -0.177. The molecule has 1 amide bonds. The van der Waals surface area contributed by atoms with Crippen LogP contribution < -0.4 is 10.1 Å². The first-order valence-electron chi connectivity index (χ1n) is 10.1. The van der Waals surface area contributed by atoms with Crippen LogP contribution in [0.2, 0.25) is 0 Å². The average molecular weight is 453 g/mol. The fraction of sp³-hybridized carbons (Fsp3) is 0.261. The monoisotopic (exact) mass is 452 g/mol. The fourth-order valence-electron chi connectivity index (χ4n) is 3.18. The van der Waals surface area contributed by atoms with Gasteiger partial charge in [0.2, 0.25) is 5.13 Å². The molecule has 0 radical (unpaired) electrons. The standard InChI is InChI=1S/C23H24N4O2S2/c1-5-29-18-10-7-11-19-21(18)25-23(31-19)27-20(12-15(4)26-27)24-22(28)16-8-6-9-17(13-16)30-14(2)3/h6-14H,5H2,1-4H3,(H,24,28). The quantitative estimate of drug-likeness (QED) is 0.351. The topological polar surface area (TPSA) is 69.0 Å². The van der Waals surface area contributed by atoms with Crippen LogP contribution in [0.5, 0.6) is 5.75 Å². The van der Waals surface area contributed by atoms with Crippen LogP contribution in [0.1, 0.15) is 36.8 Å². The van der Waals surface area contributed by atoms with Gasteiger partial charge in [-0.05, 0) is 44.2 Å². The van der Waals surface area contributed by atoms with Crippen LogP contribution in [-0.4, -0.2) is 32.5 Å². The van der Waals surface area contributed by atoms with Crippen LogP contribution in [0, 0.1) is 6.92 Å². The number of aromatic nitrogens is 3. The first-order valence-corrected chi connectivity index (χ1v) is 11.8. The molecular weight excluding hydrogens is 428 g/mol. The summed E-state index contributed by atoms with van der Waals surface area (Å²) in [5.41, 5.74) is 2.20. The van der Waals surface area contributed by atoms with Crippen LogP contribution in [0.3, 0.4) is 0 Å². The Balaban J connectivity index is 1.65. The van der Waals surface area contributed by atoms with Crippen molar-refractivity contribution in [3.63, 3.8) is 0 Å². The maximum Gasteiger partial charge on any atom is 0.256 e. The van der Waals surface area contributed by atoms with Crippen molar-refractivity contribution in [2.75, 3.05) is 11.9 Å². The van der Waals surface area contributed by atoms with Crippen molar-refractivity contribution in [2.24, 2.45) is 0 Å². The number of rotatable bonds is 7. The number of carbonyl (C=O) groups excluding carboxylic acids is 1. The largest absolute Gasteiger partial charge is 0.492 e. The van der Waals surface area contributed by atoms with Gasteiger partial charge >= 0.3 is 0 Å². The molecule has 4 rings (SSSR count). The predicted molar refractivity (Wildman–Crippen MR) is 128 cm³/mol. The molecule has 0 bridgehead atoms. The molecule has 2 aromatic heterocycles. The first-order chi connectivity index (χ1) is 14.9. The van der Waals surface area contributed by atoms with Gasteiger partial charge in [-0.2, -0.15) is 9.78 Å². The van der Waals surface area contributed by atoms with E-state index >= 15 is 0 Å². The number of thiazole rings is 1. The lowest BCUT2D eigenvalue weighted by molar-refractivity contribution is 0.102. The minimum Gasteiger partial charge on any atom is -0.492 e. The summed E-state index contributed by atoms with van der Waals surface area (Å²) in [5, 5.41) is 8.68. The number of aryl methyl sites for hydroxylation is 1. The van der Waals surface area contributed by atoms with E-state index in [0.29, 0.717) is 28.4 Å². The van der Waals surface area contributed by atoms with Gasteiger partial charge in [-0.15, -0.1) is 11.8 Å². The highest BCUT2D eigenvalue weighted by Gasteiger charge is 2.17. The average Bonchev–Trinajstić information content (AvgIpc) is 3.31. The molecule has 1 N–H and O–H groups in total. The number of ether oxygens (including phenoxy) is 1. The smallest absolute Gasteiger partial charge is 0.256 e. The van der Waals surface area contributed by atoms with Crippen molar-refractivity contribution in [3.8, 4) is 10.9 Å². The Kier molecular flexibility index (Phi) is 6.29. The summed E-state index contributed by atoms with van der Waals surface area (Å²) < 4.78 is 8.39. The van der Waals surface area contributed by atoms with Crippen LogP contribution in [0.15, 0.2) is 53.4 Å². The van der Waals surface area contributed by atoms with Gasteiger partial charge in [-0.3, -0.25) is 4.79 Å². The lowest BCUT2D eigenvalue weighted by Crippen LogP contribution is -2.15. The normalized spacial score (nSPS) is 11.3. The molecular formula is C23H24N4O2S2. The second-order valence-electron chi connectivity index (χ2n) is 7.26. The van der Waals surface area contributed by atoms with Crippen molar-refractivity contribution in [2.45, 2.75) is 37.8 Å². The molecule has 31 heavy (non-hydrogen) atoms. The summed E-state index contributed by atoms with van der Waals surface area (Å²) in [6.45, 7) is 8.68. The molecule has 0 aliphatic carbocycles. The Morgan fingerprint density at radius 2 is 2.03 bits per heavy atom. The molecule has 2 heterocycles. The van der Waals surface area contributed by atoms with Crippen molar-refractivity contribution in [1.82, 2.24) is 14.8 Å². The third-order valence-corrected chi connectivity index (χ3v) is 6.39. The zero-order valence-corrected chi connectivity index (χ0v) is 19.5. The van der Waals surface area contributed by atoms with Gasteiger partial charge in [0, 0.05) is 21.8 Å². The van der Waals surface area contributed by atoms with Gasteiger partial charge in [-0.25, -0.2) is 4.98 Å². The summed E-state index contributed by atoms with van der Waals surface area (Å²) in [4.78, 5) is 18.8. The number of amides is 1. The van der Waals surface area contributed by atoms with Crippen molar-refractivity contribution < 1.29 is 9.53 Å². The lowest BCUT2D eigenvalue weighted by Gasteiger charge is -2.09. The summed E-state index contributed by atoms with van der Waals surface area (Å²) in [6, 6.07) is 15.4. The highest BCUT2D eigenvalue weighted by Crippen LogP contribution is 2.33. The van der Waals surface area contributed by atoms with Gasteiger partial charge in [0.25, 0.3) is 5.91 Å². The molecule has 8 heteroatoms. The van der Waals surface area contributed by atoms with Gasteiger partial charge in [0.15, 0.2) is 0 Å². The Hall–Kier alpha value is -2.84. The van der Waals surface area contributed by atoms with Gasteiger partial charge < -0.3 is 10.1 Å². The van der Waals surface area contributed by atoms with Gasteiger partial charge in [0.05, 0.1) is 17.0 Å². The molecule has 160 valence electrons. The zero-order chi connectivity index (χ0) is 22.0. The number of nitrogens with zero attached hydrogens (tertiary/aromatic N) is 3. The highest BCUT2D eigenvalue weighted by atomic mass is 32.2. The highest BCUT2D eigenvalue weighted by molar-refractivity contribution is 7.99. The minimum absolute atomic E-state index is 0.177. The van der Waals surface area contributed by atoms with Gasteiger partial charge in [0.1, 0.15) is 17.1 Å². The van der Waals surface area contributed by atoms with E-state index in [1.807, 2.05) is 62.4 Å². The molecule has 0 atom stereocenters. The van der Waals surface area contributed by atoms with Crippen molar-refractivity contribution >= 4 is 45.0 Å². The zero-order valence-electron chi connectivity index (χ0n) is 17.9. The van der Waals surface area contributed by atoms with Crippen LogP contribution in [-0.2, 0) is 0 Å². The molecule has 0 saturated carbocycles. The Morgan fingerprint density at radius 1 is 1.23 bits per heavy atom. The number of para-hydroxylation sites is 1. The van der Waals surface area contributed by atoms with E-state index in [0.717, 1.165) is 26.6 Å². The molecule has 0 fully saturated rings. The Bertz CT molecular complexity index is 1230. The third kappa shape index (κ3) is 4.75. The summed E-state index contributed by atoms with van der Waals surface area (Å²) in [7, 11) is 0. The molecule has 0 aliphatic heterocycles. The number of carbonyl (C=O) groups is 1. The molecule has 0 aliphatic rings. The summed E-state index contributed by atoms with van der Waals surface area (Å²) in [5.74, 6) is 1.15. The number of nitrogens with one attached hydrogen (secondary N) is 1. The molecule has 6 nitrogen and oxygen atoms in total. The maximum atomic E-state index is 13.0. The molecule has 0 spiro atoms.